The Hall–Kier alpha value is -1.19. The maximum atomic E-state index is 12.6. The van der Waals surface area contributed by atoms with Gasteiger partial charge in [-0.1, -0.05) is 55.7 Å². The summed E-state index contributed by atoms with van der Waals surface area (Å²) in [7, 11) is 0. The molecule has 2 rings (SSSR count). The number of rotatable bonds is 10. The highest BCUT2D eigenvalue weighted by atomic mass is 16.3. The Labute approximate surface area is 203 Å². The summed E-state index contributed by atoms with van der Waals surface area (Å²) in [5.74, 6) is 1.01. The molecule has 3 heteroatoms. The minimum Gasteiger partial charge on any atom is -0.392 e. The molecule has 0 aromatic rings. The van der Waals surface area contributed by atoms with E-state index in [1.165, 1.54) is 11.1 Å². The molecule has 0 spiro atoms. The first-order valence-electron chi connectivity index (χ1n) is 13.2. The monoisotopic (exact) mass is 458 g/mol. The molecule has 0 aliphatic heterocycles. The fourth-order valence-corrected chi connectivity index (χ4v) is 6.82. The summed E-state index contributed by atoms with van der Waals surface area (Å²) < 4.78 is 0. The zero-order chi connectivity index (χ0) is 24.9. The second kappa shape index (κ2) is 11.5. The van der Waals surface area contributed by atoms with E-state index >= 15 is 0 Å². The van der Waals surface area contributed by atoms with Gasteiger partial charge in [0.05, 0.1) is 12.2 Å². The van der Waals surface area contributed by atoms with Gasteiger partial charge in [-0.3, -0.25) is 4.79 Å². The van der Waals surface area contributed by atoms with E-state index in [1.807, 2.05) is 13.8 Å². The molecule has 0 aromatic heterocycles. The van der Waals surface area contributed by atoms with E-state index < -0.39 is 5.60 Å². The van der Waals surface area contributed by atoms with Crippen LogP contribution < -0.4 is 0 Å². The van der Waals surface area contributed by atoms with E-state index in [0.717, 1.165) is 63.4 Å². The van der Waals surface area contributed by atoms with Crippen LogP contribution in [0.2, 0.25) is 0 Å². The third kappa shape index (κ3) is 6.92. The molecule has 2 aliphatic rings. The number of aliphatic hydroxyl groups is 2. The average Bonchev–Trinajstić information content (AvgIpc) is 2.72. The molecule has 1 unspecified atom stereocenters. The second-order valence-electron chi connectivity index (χ2n) is 12.1. The van der Waals surface area contributed by atoms with Crippen LogP contribution >= 0.6 is 0 Å². The lowest BCUT2D eigenvalue weighted by Crippen LogP contribution is -2.59. The Balaban J connectivity index is 1.93. The summed E-state index contributed by atoms with van der Waals surface area (Å²) in [6.45, 7) is 15.2. The van der Waals surface area contributed by atoms with Crippen molar-refractivity contribution < 1.29 is 15.0 Å². The minimum absolute atomic E-state index is 0.0313. The molecule has 2 fully saturated rings. The normalized spacial score (nSPS) is 33.2. The maximum absolute atomic E-state index is 12.6. The number of Topliss-reactive ketones (excluding diaryl/α,β-unsaturated/α-hetero) is 1. The summed E-state index contributed by atoms with van der Waals surface area (Å²) >= 11 is 0. The number of hydrogen-bond donors (Lipinski definition) is 2. The number of allylic oxidation sites excluding steroid dienone is 5. The van der Waals surface area contributed by atoms with Gasteiger partial charge < -0.3 is 10.2 Å². The summed E-state index contributed by atoms with van der Waals surface area (Å²) in [6.07, 6.45) is 16.3. The maximum Gasteiger partial charge on any atom is 0.138 e. The van der Waals surface area contributed by atoms with Gasteiger partial charge in [0.1, 0.15) is 5.78 Å². The molecule has 0 heterocycles. The van der Waals surface area contributed by atoms with E-state index in [1.54, 1.807) is 0 Å². The number of hydrogen-bond acceptors (Lipinski definition) is 3. The van der Waals surface area contributed by atoms with Gasteiger partial charge in [-0.05, 0) is 103 Å². The standard InChI is InChI=1S/C30H50O3/c1-22(13-9-15-24(3)21-31)11-8-12-23(2)14-10-16-26-29(6)19-18-27(32)28(4,5)25(29)17-20-30(26,7)33/h11,14-15,25-26,31,33H,8-10,12-13,16-21H2,1-7H3/t25?,26-,29+,30-/m1/s1. The van der Waals surface area contributed by atoms with Crippen molar-refractivity contribution in [3.05, 3.63) is 34.9 Å². The summed E-state index contributed by atoms with van der Waals surface area (Å²) in [5, 5.41) is 20.4. The third-order valence-corrected chi connectivity index (χ3v) is 9.02. The Kier molecular flexibility index (Phi) is 9.77. The van der Waals surface area contributed by atoms with Gasteiger partial charge >= 0.3 is 0 Å². The average molecular weight is 459 g/mol. The molecule has 2 N–H and O–H groups in total. The molecule has 3 nitrogen and oxygen atoms in total. The molecule has 0 saturated heterocycles. The molecule has 0 radical (unpaired) electrons. The fraction of sp³-hybridized carbons (Fsp3) is 0.767. The van der Waals surface area contributed by atoms with Crippen molar-refractivity contribution in [2.45, 2.75) is 118 Å². The van der Waals surface area contributed by atoms with Crippen molar-refractivity contribution in [1.29, 1.82) is 0 Å². The molecule has 2 saturated carbocycles. The van der Waals surface area contributed by atoms with Gasteiger partial charge in [0, 0.05) is 11.8 Å². The minimum atomic E-state index is -0.647. The van der Waals surface area contributed by atoms with Gasteiger partial charge in [-0.2, -0.15) is 0 Å². The van der Waals surface area contributed by atoms with Crippen LogP contribution in [0.15, 0.2) is 34.9 Å². The topological polar surface area (TPSA) is 57.5 Å². The van der Waals surface area contributed by atoms with Crippen LogP contribution in [0.3, 0.4) is 0 Å². The Morgan fingerprint density at radius 3 is 2.03 bits per heavy atom. The van der Waals surface area contributed by atoms with Gasteiger partial charge in [0.15, 0.2) is 0 Å². The van der Waals surface area contributed by atoms with E-state index in [4.69, 9.17) is 5.11 Å². The van der Waals surface area contributed by atoms with E-state index in [2.05, 4.69) is 52.8 Å². The number of carbonyl (C=O) groups is 1. The summed E-state index contributed by atoms with van der Waals surface area (Å²) in [4.78, 5) is 12.6. The molecule has 0 bridgehead atoms. The first-order chi connectivity index (χ1) is 15.3. The third-order valence-electron chi connectivity index (χ3n) is 9.02. The van der Waals surface area contributed by atoms with E-state index in [9.17, 15) is 9.90 Å². The summed E-state index contributed by atoms with van der Waals surface area (Å²) in [6, 6.07) is 0. The molecular weight excluding hydrogens is 408 g/mol. The van der Waals surface area contributed by atoms with Crippen molar-refractivity contribution in [2.24, 2.45) is 22.7 Å². The van der Waals surface area contributed by atoms with Crippen LogP contribution in [0.4, 0.5) is 0 Å². The Bertz CT molecular complexity index is 767. The highest BCUT2D eigenvalue weighted by Crippen LogP contribution is 2.62. The van der Waals surface area contributed by atoms with E-state index in [-0.39, 0.29) is 23.4 Å². The van der Waals surface area contributed by atoms with Gasteiger partial charge in [0.2, 0.25) is 0 Å². The molecule has 2 aliphatic carbocycles. The van der Waals surface area contributed by atoms with Crippen molar-refractivity contribution in [3.8, 4) is 0 Å². The molecule has 4 atom stereocenters. The Morgan fingerprint density at radius 2 is 1.45 bits per heavy atom. The van der Waals surface area contributed by atoms with Gasteiger partial charge in [-0.15, -0.1) is 0 Å². The lowest BCUT2D eigenvalue weighted by molar-refractivity contribution is -0.177. The number of ketones is 1. The molecule has 188 valence electrons. The molecule has 0 amide bonds. The van der Waals surface area contributed by atoms with Crippen LogP contribution in [-0.4, -0.2) is 28.2 Å². The van der Waals surface area contributed by atoms with Crippen LogP contribution in [-0.2, 0) is 4.79 Å². The highest BCUT2D eigenvalue weighted by Gasteiger charge is 2.59. The SMILES string of the molecule is CC(=CCCC(C)=CCCC(C)=CCC[C@@H]1[C@@]2(C)CCC(=O)C(C)(C)C2CC[C@@]1(C)O)CO. The van der Waals surface area contributed by atoms with Crippen LogP contribution in [0.25, 0.3) is 0 Å². The van der Waals surface area contributed by atoms with Crippen LogP contribution in [0, 0.1) is 22.7 Å². The largest absolute Gasteiger partial charge is 0.392 e. The molecule has 33 heavy (non-hydrogen) atoms. The van der Waals surface area contributed by atoms with Crippen molar-refractivity contribution in [1.82, 2.24) is 0 Å². The number of aliphatic hydroxyl groups excluding tert-OH is 1. The van der Waals surface area contributed by atoms with Crippen LogP contribution in [0.5, 0.6) is 0 Å². The smallest absolute Gasteiger partial charge is 0.138 e. The molecule has 0 aromatic carbocycles. The predicted molar refractivity (Wildman–Crippen MR) is 139 cm³/mol. The summed E-state index contributed by atoms with van der Waals surface area (Å²) in [5.41, 5.74) is 2.99. The first kappa shape index (κ1) is 28.1. The Morgan fingerprint density at radius 1 is 0.909 bits per heavy atom. The van der Waals surface area contributed by atoms with Crippen molar-refractivity contribution in [2.75, 3.05) is 6.61 Å². The lowest BCUT2D eigenvalue weighted by atomic mass is 9.45. The first-order valence-corrected chi connectivity index (χ1v) is 13.2. The van der Waals surface area contributed by atoms with Gasteiger partial charge in [0.25, 0.3) is 0 Å². The predicted octanol–water partition coefficient (Wildman–Crippen LogP) is 7.33. The van der Waals surface area contributed by atoms with Gasteiger partial charge in [-0.25, -0.2) is 0 Å². The highest BCUT2D eigenvalue weighted by molar-refractivity contribution is 5.85. The second-order valence-corrected chi connectivity index (χ2v) is 12.1. The molecular formula is C30H50O3. The quantitative estimate of drug-likeness (QED) is 0.337. The zero-order valence-corrected chi connectivity index (χ0v) is 22.5. The van der Waals surface area contributed by atoms with E-state index in [0.29, 0.717) is 18.1 Å². The van der Waals surface area contributed by atoms with Crippen molar-refractivity contribution >= 4 is 5.78 Å². The zero-order valence-electron chi connectivity index (χ0n) is 22.5. The lowest BCUT2D eigenvalue weighted by Gasteiger charge is -2.60. The fourth-order valence-electron chi connectivity index (χ4n) is 6.82. The number of carbonyl (C=O) groups excluding carboxylic acids is 1. The van der Waals surface area contributed by atoms with Crippen molar-refractivity contribution in [3.63, 3.8) is 0 Å². The van der Waals surface area contributed by atoms with Crippen LogP contribution in [0.1, 0.15) is 113 Å². The number of fused-ring (bicyclic) bond motifs is 1.